The average Bonchev–Trinajstić information content (AvgIpc) is 2.06. The highest BCUT2D eigenvalue weighted by atomic mass is 35.5. The Labute approximate surface area is 76.6 Å². The molecule has 1 N–H and O–H groups in total. The van der Waals surface area contributed by atoms with Gasteiger partial charge in [0.1, 0.15) is 0 Å². The van der Waals surface area contributed by atoms with Gasteiger partial charge in [-0.3, -0.25) is 0 Å². The van der Waals surface area contributed by atoms with Crippen LogP contribution in [0.5, 0.6) is 0 Å². The molecule has 0 aliphatic carbocycles. The highest BCUT2D eigenvalue weighted by molar-refractivity contribution is 5.85. The smallest absolute Gasteiger partial charge is 0.218 e. The minimum atomic E-state index is -0.324. The maximum Gasteiger partial charge on any atom is 0.218 e. The Balaban J connectivity index is 0.000000720. The fourth-order valence-electron chi connectivity index (χ4n) is 1.36. The van der Waals surface area contributed by atoms with Crippen LogP contribution in [0.1, 0.15) is 12.0 Å². The topological polar surface area (TPSA) is 24.9 Å². The fourth-order valence-corrected chi connectivity index (χ4v) is 1.36. The molecule has 2 nitrogen and oxygen atoms in total. The van der Waals surface area contributed by atoms with Gasteiger partial charge in [-0.1, -0.05) is 0 Å². The van der Waals surface area contributed by atoms with Crippen molar-refractivity contribution in [3.8, 4) is 0 Å². The van der Waals surface area contributed by atoms with Gasteiger partial charge < -0.3 is 5.32 Å². The molecular formula is C8H10ClFN2. The third-order valence-corrected chi connectivity index (χ3v) is 1.92. The van der Waals surface area contributed by atoms with Crippen molar-refractivity contribution in [2.24, 2.45) is 0 Å². The van der Waals surface area contributed by atoms with Crippen molar-refractivity contribution in [1.29, 1.82) is 0 Å². The van der Waals surface area contributed by atoms with Gasteiger partial charge in [0, 0.05) is 24.0 Å². The molecule has 1 aliphatic rings. The number of nitrogens with zero attached hydrogens (tertiary/aromatic N) is 1. The summed E-state index contributed by atoms with van der Waals surface area (Å²) in [5, 5.41) is 3.12. The number of hydrogen-bond acceptors (Lipinski definition) is 2. The molecular weight excluding hydrogens is 179 g/mol. The van der Waals surface area contributed by atoms with Gasteiger partial charge in [0.05, 0.1) is 0 Å². The molecule has 0 saturated carbocycles. The molecule has 66 valence electrons. The molecule has 0 saturated heterocycles. The van der Waals surface area contributed by atoms with E-state index in [1.807, 2.05) is 6.07 Å². The van der Waals surface area contributed by atoms with Crippen LogP contribution >= 0.6 is 12.4 Å². The average molecular weight is 189 g/mol. The maximum atomic E-state index is 12.9. The molecule has 0 spiro atoms. The number of hydrogen-bond donors (Lipinski definition) is 1. The second kappa shape index (κ2) is 3.72. The molecule has 12 heavy (non-hydrogen) atoms. The number of nitrogens with one attached hydrogen (secondary N) is 1. The largest absolute Gasteiger partial charge is 0.385 e. The van der Waals surface area contributed by atoms with Crippen molar-refractivity contribution >= 4 is 18.1 Å². The van der Waals surface area contributed by atoms with Crippen molar-refractivity contribution in [2.75, 3.05) is 11.9 Å². The van der Waals surface area contributed by atoms with E-state index in [-0.39, 0.29) is 18.4 Å². The number of rotatable bonds is 0. The first-order valence-electron chi connectivity index (χ1n) is 3.75. The lowest BCUT2D eigenvalue weighted by Crippen LogP contribution is -2.13. The van der Waals surface area contributed by atoms with Crippen LogP contribution in [0.3, 0.4) is 0 Å². The van der Waals surface area contributed by atoms with E-state index in [0.29, 0.717) is 0 Å². The third-order valence-electron chi connectivity index (χ3n) is 1.92. The van der Waals surface area contributed by atoms with Crippen LogP contribution in [0.15, 0.2) is 12.3 Å². The van der Waals surface area contributed by atoms with Gasteiger partial charge in [-0.2, -0.15) is 4.39 Å². The molecule has 0 atom stereocenters. The number of pyridine rings is 1. The highest BCUT2D eigenvalue weighted by Crippen LogP contribution is 2.21. The molecule has 0 radical (unpaired) electrons. The Kier molecular flexibility index (Phi) is 2.87. The number of halogens is 2. The summed E-state index contributed by atoms with van der Waals surface area (Å²) in [6.45, 7) is 0.941. The lowest BCUT2D eigenvalue weighted by molar-refractivity contribution is 0.561. The zero-order chi connectivity index (χ0) is 7.68. The lowest BCUT2D eigenvalue weighted by atomic mass is 10.1. The van der Waals surface area contributed by atoms with Crippen LogP contribution in [0, 0.1) is 5.95 Å². The second-order valence-corrected chi connectivity index (χ2v) is 2.66. The molecule has 1 aromatic heterocycles. The number of anilines is 1. The molecule has 1 aliphatic heterocycles. The Hall–Kier alpha value is -0.830. The quantitative estimate of drug-likeness (QED) is 0.630. The van der Waals surface area contributed by atoms with Crippen molar-refractivity contribution < 1.29 is 4.39 Å². The molecule has 0 fully saturated rings. The first-order valence-corrected chi connectivity index (χ1v) is 3.75. The summed E-state index contributed by atoms with van der Waals surface area (Å²) in [6.07, 6.45) is 3.30. The van der Waals surface area contributed by atoms with Crippen LogP contribution in [0.2, 0.25) is 0 Å². The van der Waals surface area contributed by atoms with E-state index in [0.717, 1.165) is 30.6 Å². The van der Waals surface area contributed by atoms with Crippen LogP contribution in [-0.4, -0.2) is 11.5 Å². The van der Waals surface area contributed by atoms with E-state index in [9.17, 15) is 4.39 Å². The predicted molar refractivity (Wildman–Crippen MR) is 48.3 cm³/mol. The third kappa shape index (κ3) is 1.50. The molecule has 0 bridgehead atoms. The van der Waals surface area contributed by atoms with Crippen LogP contribution < -0.4 is 5.32 Å². The number of fused-ring (bicyclic) bond motifs is 1. The van der Waals surface area contributed by atoms with Crippen molar-refractivity contribution in [3.63, 3.8) is 0 Å². The minimum absolute atomic E-state index is 0. The molecule has 0 amide bonds. The Morgan fingerprint density at radius 2 is 2.33 bits per heavy atom. The molecule has 0 aromatic carbocycles. The van der Waals surface area contributed by atoms with Gasteiger partial charge in [0.15, 0.2) is 0 Å². The standard InChI is InChI=1S/C8H9FN2.ClH/c9-8-6-2-1-4-10-7(6)3-5-11-8;/h3,5,10H,1-2,4H2;1H. The summed E-state index contributed by atoms with van der Waals surface area (Å²) >= 11 is 0. The van der Waals surface area contributed by atoms with Crippen LogP contribution in [0.25, 0.3) is 0 Å². The zero-order valence-electron chi connectivity index (χ0n) is 6.51. The minimum Gasteiger partial charge on any atom is -0.385 e. The Morgan fingerprint density at radius 1 is 1.50 bits per heavy atom. The van der Waals surface area contributed by atoms with Crippen molar-refractivity contribution in [1.82, 2.24) is 4.98 Å². The van der Waals surface area contributed by atoms with Crippen LogP contribution in [0.4, 0.5) is 10.1 Å². The Bertz CT molecular complexity index is 278. The fraction of sp³-hybridized carbons (Fsp3) is 0.375. The monoisotopic (exact) mass is 188 g/mol. The number of aromatic nitrogens is 1. The summed E-state index contributed by atoms with van der Waals surface area (Å²) in [6, 6.07) is 1.82. The van der Waals surface area contributed by atoms with Gasteiger partial charge in [-0.25, -0.2) is 4.98 Å². The summed E-state index contributed by atoms with van der Waals surface area (Å²) in [4.78, 5) is 3.59. The first-order chi connectivity index (χ1) is 5.38. The summed E-state index contributed by atoms with van der Waals surface area (Å²) < 4.78 is 12.9. The summed E-state index contributed by atoms with van der Waals surface area (Å²) in [5.41, 5.74) is 1.64. The lowest BCUT2D eigenvalue weighted by Gasteiger charge is -2.16. The normalized spacial score (nSPS) is 14.1. The van der Waals surface area contributed by atoms with E-state index in [1.54, 1.807) is 0 Å². The van der Waals surface area contributed by atoms with E-state index < -0.39 is 0 Å². The maximum absolute atomic E-state index is 12.9. The van der Waals surface area contributed by atoms with Gasteiger partial charge in [-0.05, 0) is 18.9 Å². The van der Waals surface area contributed by atoms with E-state index in [4.69, 9.17) is 0 Å². The van der Waals surface area contributed by atoms with Gasteiger partial charge >= 0.3 is 0 Å². The molecule has 1 aromatic rings. The van der Waals surface area contributed by atoms with E-state index >= 15 is 0 Å². The van der Waals surface area contributed by atoms with E-state index in [2.05, 4.69) is 10.3 Å². The van der Waals surface area contributed by atoms with Gasteiger partial charge in [-0.15, -0.1) is 12.4 Å². The van der Waals surface area contributed by atoms with Crippen molar-refractivity contribution in [3.05, 3.63) is 23.8 Å². The molecule has 2 heterocycles. The molecule has 4 heteroatoms. The highest BCUT2D eigenvalue weighted by Gasteiger charge is 2.12. The Morgan fingerprint density at radius 3 is 3.08 bits per heavy atom. The van der Waals surface area contributed by atoms with E-state index in [1.165, 1.54) is 6.20 Å². The predicted octanol–water partition coefficient (Wildman–Crippen LogP) is 2.00. The SMILES string of the molecule is Cl.Fc1nccc2c1CCCN2. The van der Waals surface area contributed by atoms with Gasteiger partial charge in [0.25, 0.3) is 0 Å². The molecule has 0 unspecified atom stereocenters. The first kappa shape index (κ1) is 9.26. The summed E-state index contributed by atoms with van der Waals surface area (Å²) in [7, 11) is 0. The summed E-state index contributed by atoms with van der Waals surface area (Å²) in [5.74, 6) is -0.324. The molecule has 2 rings (SSSR count). The van der Waals surface area contributed by atoms with Gasteiger partial charge in [0.2, 0.25) is 5.95 Å². The van der Waals surface area contributed by atoms with Crippen LogP contribution in [-0.2, 0) is 6.42 Å². The second-order valence-electron chi connectivity index (χ2n) is 2.66. The van der Waals surface area contributed by atoms with Crippen molar-refractivity contribution in [2.45, 2.75) is 12.8 Å². The zero-order valence-corrected chi connectivity index (χ0v) is 7.33.